The van der Waals surface area contributed by atoms with Crippen LogP contribution in [0.25, 0.3) is 0 Å². The zero-order chi connectivity index (χ0) is 18.7. The van der Waals surface area contributed by atoms with Crippen LogP contribution in [0.15, 0.2) is 36.4 Å². The molecule has 2 rings (SSSR count). The Hall–Kier alpha value is -1.85. The molecule has 3 atom stereocenters. The quantitative estimate of drug-likeness (QED) is 0.643. The molecule has 136 valence electrons. The van der Waals surface area contributed by atoms with Gasteiger partial charge >= 0.3 is 11.9 Å². The maximum Gasteiger partial charge on any atom is 0.313 e. The average molecular weight is 367 g/mol. The third-order valence-corrected chi connectivity index (χ3v) is 5.59. The molecule has 1 aliphatic carbocycles. The number of hydrogen-bond acceptors (Lipinski definition) is 3. The van der Waals surface area contributed by atoms with Gasteiger partial charge in [0.2, 0.25) is 0 Å². The molecule has 0 spiro atoms. The first-order valence-corrected chi connectivity index (χ1v) is 8.64. The Morgan fingerprint density at radius 1 is 1.20 bits per heavy atom. The highest BCUT2D eigenvalue weighted by molar-refractivity contribution is 6.30. The number of carbonyl (C=O) groups is 2. The first kappa shape index (κ1) is 19.5. The van der Waals surface area contributed by atoms with Crippen LogP contribution < -0.4 is 0 Å². The van der Waals surface area contributed by atoms with Crippen LogP contribution in [0.1, 0.15) is 31.7 Å². The molecule has 0 bridgehead atoms. The van der Waals surface area contributed by atoms with E-state index in [9.17, 15) is 24.9 Å². The van der Waals surface area contributed by atoms with Gasteiger partial charge in [0.1, 0.15) is 0 Å². The maximum absolute atomic E-state index is 12.2. The minimum atomic E-state index is -1.33. The first-order chi connectivity index (χ1) is 11.8. The fraction of sp³-hybridized carbons (Fsp3) is 0.474. The summed E-state index contributed by atoms with van der Waals surface area (Å²) in [6.45, 7) is 1.47. The molecule has 0 aromatic heterocycles. The Bertz CT molecular complexity index is 669. The predicted octanol–water partition coefficient (Wildman–Crippen LogP) is 3.39. The van der Waals surface area contributed by atoms with Crippen LogP contribution >= 0.6 is 11.6 Å². The maximum atomic E-state index is 12.2. The molecule has 5 nitrogen and oxygen atoms in total. The lowest BCUT2D eigenvalue weighted by molar-refractivity contribution is -0.163. The highest BCUT2D eigenvalue weighted by Crippen LogP contribution is 2.52. The van der Waals surface area contributed by atoms with Crippen molar-refractivity contribution in [3.05, 3.63) is 47.0 Å². The van der Waals surface area contributed by atoms with Crippen LogP contribution in [-0.4, -0.2) is 33.9 Å². The number of carboxylic acid groups (broad SMARTS) is 2. The minimum Gasteiger partial charge on any atom is -0.481 e. The summed E-state index contributed by atoms with van der Waals surface area (Å²) in [4.78, 5) is 24.2. The molecular weight excluding hydrogens is 344 g/mol. The Morgan fingerprint density at radius 3 is 2.36 bits per heavy atom. The van der Waals surface area contributed by atoms with E-state index in [1.54, 1.807) is 43.3 Å². The number of allylic oxidation sites excluding steroid dienone is 1. The van der Waals surface area contributed by atoms with Gasteiger partial charge in [-0.2, -0.15) is 0 Å². The van der Waals surface area contributed by atoms with E-state index in [2.05, 4.69) is 0 Å². The molecule has 1 aromatic rings. The highest BCUT2D eigenvalue weighted by atomic mass is 35.5. The van der Waals surface area contributed by atoms with Gasteiger partial charge in [-0.1, -0.05) is 35.9 Å². The van der Waals surface area contributed by atoms with Crippen molar-refractivity contribution in [1.82, 2.24) is 0 Å². The SMILES string of the molecule is CC1(C(=O)O)CC=CC(CCCO)(C(=O)O)C1Cc1ccc(Cl)cc1. The summed E-state index contributed by atoms with van der Waals surface area (Å²) in [7, 11) is 0. The molecule has 0 heterocycles. The molecule has 1 aliphatic rings. The fourth-order valence-electron chi connectivity index (χ4n) is 3.80. The van der Waals surface area contributed by atoms with E-state index in [4.69, 9.17) is 11.6 Å². The number of benzene rings is 1. The van der Waals surface area contributed by atoms with Crippen LogP contribution in [0.3, 0.4) is 0 Å². The molecule has 6 heteroatoms. The van der Waals surface area contributed by atoms with Crippen molar-refractivity contribution in [2.24, 2.45) is 16.7 Å². The number of rotatable bonds is 7. The van der Waals surface area contributed by atoms with Crippen molar-refractivity contribution in [3.63, 3.8) is 0 Å². The van der Waals surface area contributed by atoms with Crippen LogP contribution in [-0.2, 0) is 16.0 Å². The molecule has 0 fully saturated rings. The van der Waals surface area contributed by atoms with Crippen molar-refractivity contribution < 1.29 is 24.9 Å². The zero-order valence-corrected chi connectivity index (χ0v) is 14.9. The lowest BCUT2D eigenvalue weighted by Gasteiger charge is -2.46. The summed E-state index contributed by atoms with van der Waals surface area (Å²) >= 11 is 5.91. The van der Waals surface area contributed by atoms with E-state index in [0.717, 1.165) is 5.56 Å². The normalized spacial score (nSPS) is 28.7. The minimum absolute atomic E-state index is 0.139. The predicted molar refractivity (Wildman–Crippen MR) is 94.5 cm³/mol. The summed E-state index contributed by atoms with van der Waals surface area (Å²) in [6, 6.07) is 7.01. The largest absolute Gasteiger partial charge is 0.481 e. The van der Waals surface area contributed by atoms with Gasteiger partial charge in [-0.3, -0.25) is 9.59 Å². The summed E-state index contributed by atoms with van der Waals surface area (Å²) in [5.74, 6) is -2.71. The highest BCUT2D eigenvalue weighted by Gasteiger charge is 2.56. The summed E-state index contributed by atoms with van der Waals surface area (Å²) in [5, 5.41) is 29.6. The van der Waals surface area contributed by atoms with Crippen molar-refractivity contribution >= 4 is 23.5 Å². The van der Waals surface area contributed by atoms with Crippen molar-refractivity contribution in [2.45, 2.75) is 32.6 Å². The third-order valence-electron chi connectivity index (χ3n) is 5.34. The lowest BCUT2D eigenvalue weighted by Crippen LogP contribution is -2.51. The van der Waals surface area contributed by atoms with Gasteiger partial charge in [0.15, 0.2) is 0 Å². The Labute approximate surface area is 151 Å². The topological polar surface area (TPSA) is 94.8 Å². The summed E-state index contributed by atoms with van der Waals surface area (Å²) in [5.41, 5.74) is -1.69. The van der Waals surface area contributed by atoms with Crippen molar-refractivity contribution in [2.75, 3.05) is 6.61 Å². The molecule has 0 radical (unpaired) electrons. The Morgan fingerprint density at radius 2 is 1.84 bits per heavy atom. The van der Waals surface area contributed by atoms with E-state index in [1.807, 2.05) is 0 Å². The summed E-state index contributed by atoms with van der Waals surface area (Å²) < 4.78 is 0. The number of hydrogen-bond donors (Lipinski definition) is 3. The molecule has 0 aliphatic heterocycles. The van der Waals surface area contributed by atoms with Gasteiger partial charge in [0.25, 0.3) is 0 Å². The van der Waals surface area contributed by atoms with E-state index < -0.39 is 28.7 Å². The molecule has 3 N–H and O–H groups in total. The molecule has 0 amide bonds. The second-order valence-electron chi connectivity index (χ2n) is 6.88. The molecular formula is C19H23ClO5. The summed E-state index contributed by atoms with van der Waals surface area (Å²) in [6.07, 6.45) is 4.34. The van der Waals surface area contributed by atoms with E-state index in [-0.39, 0.29) is 19.4 Å². The second kappa shape index (κ2) is 7.58. The standard InChI is InChI=1S/C19H23ClO5/c1-18(16(22)23)8-2-9-19(17(24)25,10-3-11-21)15(18)12-13-4-6-14(20)7-5-13/h2,4-7,9,15,21H,3,8,10-12H2,1H3,(H,22,23)(H,24,25). The molecule has 1 aromatic carbocycles. The third kappa shape index (κ3) is 3.72. The number of aliphatic carboxylic acids is 2. The fourth-order valence-corrected chi connectivity index (χ4v) is 3.92. The monoisotopic (exact) mass is 366 g/mol. The van der Waals surface area contributed by atoms with Crippen LogP contribution in [0.4, 0.5) is 0 Å². The number of carboxylic acids is 2. The number of aliphatic hydroxyl groups excluding tert-OH is 1. The van der Waals surface area contributed by atoms with Crippen LogP contribution in [0.5, 0.6) is 0 Å². The second-order valence-corrected chi connectivity index (χ2v) is 7.32. The number of halogens is 1. The lowest BCUT2D eigenvalue weighted by atomic mass is 9.55. The van der Waals surface area contributed by atoms with E-state index in [1.165, 1.54) is 0 Å². The van der Waals surface area contributed by atoms with Gasteiger partial charge in [0.05, 0.1) is 10.8 Å². The molecule has 0 saturated carbocycles. The zero-order valence-electron chi connectivity index (χ0n) is 14.1. The molecule has 3 unspecified atom stereocenters. The van der Waals surface area contributed by atoms with Crippen LogP contribution in [0, 0.1) is 16.7 Å². The van der Waals surface area contributed by atoms with Gasteiger partial charge in [-0.25, -0.2) is 0 Å². The first-order valence-electron chi connectivity index (χ1n) is 8.26. The van der Waals surface area contributed by atoms with Gasteiger partial charge in [-0.15, -0.1) is 0 Å². The average Bonchev–Trinajstić information content (AvgIpc) is 2.57. The smallest absolute Gasteiger partial charge is 0.313 e. The van der Waals surface area contributed by atoms with E-state index in [0.29, 0.717) is 17.9 Å². The molecule has 25 heavy (non-hydrogen) atoms. The van der Waals surface area contributed by atoms with Crippen molar-refractivity contribution in [3.8, 4) is 0 Å². The van der Waals surface area contributed by atoms with Gasteiger partial charge in [-0.05, 0) is 56.2 Å². The van der Waals surface area contributed by atoms with Crippen LogP contribution in [0.2, 0.25) is 5.02 Å². The van der Waals surface area contributed by atoms with Crippen molar-refractivity contribution in [1.29, 1.82) is 0 Å². The molecule has 0 saturated heterocycles. The van der Waals surface area contributed by atoms with Gasteiger partial charge < -0.3 is 15.3 Å². The Kier molecular flexibility index (Phi) is 5.91. The number of aliphatic hydroxyl groups is 1. The van der Waals surface area contributed by atoms with E-state index >= 15 is 0 Å². The Balaban J connectivity index is 2.52. The van der Waals surface area contributed by atoms with Gasteiger partial charge in [0, 0.05) is 11.6 Å².